The lowest BCUT2D eigenvalue weighted by molar-refractivity contribution is -0.154. The lowest BCUT2D eigenvalue weighted by Crippen LogP contribution is -2.40. The van der Waals surface area contributed by atoms with Gasteiger partial charge in [0.25, 0.3) is 0 Å². The summed E-state index contributed by atoms with van der Waals surface area (Å²) in [4.78, 5) is 23.0. The van der Waals surface area contributed by atoms with Crippen LogP contribution < -0.4 is 0 Å². The fourth-order valence-corrected chi connectivity index (χ4v) is 3.76. The Morgan fingerprint density at radius 2 is 1.50 bits per heavy atom. The van der Waals surface area contributed by atoms with Gasteiger partial charge in [-0.15, -0.1) is 0 Å². The fourth-order valence-electron chi connectivity index (χ4n) is 3.76. The van der Waals surface area contributed by atoms with Gasteiger partial charge in [-0.05, 0) is 30.1 Å². The Hall–Kier alpha value is -1.12. The molecule has 5 rings (SSSR count). The second-order valence-corrected chi connectivity index (χ2v) is 4.89. The molecular formula is C11H10O3. The summed E-state index contributed by atoms with van der Waals surface area (Å²) in [5.74, 6) is 1.12. The standard InChI is InChI=1S/C11H10O3/c12-10-8-4-1-2-5(7-3-6(4)7)9(8)11(13)14-10/h1-2,4-9H,3H2/t4-,5+,6-,7+,8-,9-/m0/s1. The van der Waals surface area contributed by atoms with Crippen LogP contribution in [0.2, 0.25) is 0 Å². The summed E-state index contributed by atoms with van der Waals surface area (Å²) in [7, 11) is 0. The van der Waals surface area contributed by atoms with Gasteiger partial charge in [-0.2, -0.15) is 0 Å². The molecule has 0 unspecified atom stereocenters. The summed E-state index contributed by atoms with van der Waals surface area (Å²) in [5, 5.41) is 0. The van der Waals surface area contributed by atoms with Crippen LogP contribution in [-0.2, 0) is 14.3 Å². The van der Waals surface area contributed by atoms with Gasteiger partial charge >= 0.3 is 11.9 Å². The topological polar surface area (TPSA) is 43.4 Å². The van der Waals surface area contributed by atoms with Crippen molar-refractivity contribution in [1.29, 1.82) is 0 Å². The highest BCUT2D eigenvalue weighted by atomic mass is 16.6. The van der Waals surface area contributed by atoms with Crippen LogP contribution in [0.4, 0.5) is 0 Å². The molecular weight excluding hydrogens is 180 g/mol. The average molecular weight is 190 g/mol. The van der Waals surface area contributed by atoms with Gasteiger partial charge in [0.2, 0.25) is 0 Å². The van der Waals surface area contributed by atoms with E-state index in [4.69, 9.17) is 4.74 Å². The summed E-state index contributed by atoms with van der Waals surface area (Å²) < 4.78 is 4.74. The maximum atomic E-state index is 11.5. The van der Waals surface area contributed by atoms with E-state index in [1.165, 1.54) is 6.42 Å². The fraction of sp³-hybridized carbons (Fsp3) is 0.636. The van der Waals surface area contributed by atoms with Gasteiger partial charge in [0.1, 0.15) is 0 Å². The number of hydrogen-bond acceptors (Lipinski definition) is 3. The molecule has 0 aromatic carbocycles. The molecule has 3 nitrogen and oxygen atoms in total. The van der Waals surface area contributed by atoms with Gasteiger partial charge in [-0.25, -0.2) is 0 Å². The zero-order chi connectivity index (χ0) is 9.45. The molecule has 1 heterocycles. The molecule has 2 bridgehead atoms. The summed E-state index contributed by atoms with van der Waals surface area (Å²) >= 11 is 0. The van der Waals surface area contributed by atoms with Crippen LogP contribution in [0.1, 0.15) is 6.42 Å². The molecule has 1 saturated heterocycles. The van der Waals surface area contributed by atoms with Gasteiger partial charge < -0.3 is 4.74 Å². The number of cyclic esters (lactones) is 2. The quantitative estimate of drug-likeness (QED) is 0.321. The molecule has 0 aromatic heterocycles. The van der Waals surface area contributed by atoms with E-state index in [0.29, 0.717) is 23.7 Å². The van der Waals surface area contributed by atoms with Gasteiger partial charge in [-0.3, -0.25) is 9.59 Å². The zero-order valence-electron chi connectivity index (χ0n) is 7.55. The first kappa shape index (κ1) is 7.21. The third kappa shape index (κ3) is 0.606. The SMILES string of the molecule is O=C1OC(=O)[C@H]2[C@H]3C=C[C@H]([C@H]4C[C@@H]34)[C@H]12. The van der Waals surface area contributed by atoms with E-state index in [9.17, 15) is 9.59 Å². The van der Waals surface area contributed by atoms with Crippen LogP contribution in [0.15, 0.2) is 12.2 Å². The Labute approximate surface area is 81.1 Å². The molecule has 0 N–H and O–H groups in total. The highest BCUT2D eigenvalue weighted by molar-refractivity contribution is 5.97. The number of carbonyl (C=O) groups is 2. The molecule has 0 amide bonds. The van der Waals surface area contributed by atoms with Gasteiger partial charge in [0.05, 0.1) is 11.8 Å². The molecule has 4 aliphatic carbocycles. The molecule has 14 heavy (non-hydrogen) atoms. The largest absolute Gasteiger partial charge is 0.393 e. The predicted octanol–water partition coefficient (Wildman–Crippen LogP) is 0.754. The lowest BCUT2D eigenvalue weighted by atomic mass is 9.63. The van der Waals surface area contributed by atoms with Gasteiger partial charge in [0, 0.05) is 0 Å². The van der Waals surface area contributed by atoms with Crippen molar-refractivity contribution >= 4 is 11.9 Å². The molecule has 2 saturated carbocycles. The van der Waals surface area contributed by atoms with E-state index >= 15 is 0 Å². The van der Waals surface area contributed by atoms with Crippen molar-refractivity contribution in [2.24, 2.45) is 35.5 Å². The van der Waals surface area contributed by atoms with E-state index in [1.807, 2.05) is 0 Å². The highest BCUT2D eigenvalue weighted by Gasteiger charge is 2.66. The molecule has 1 aliphatic heterocycles. The summed E-state index contributed by atoms with van der Waals surface area (Å²) in [5.41, 5.74) is 0. The van der Waals surface area contributed by atoms with Crippen LogP contribution in [0.25, 0.3) is 0 Å². The number of ether oxygens (including phenoxy) is 1. The zero-order valence-corrected chi connectivity index (χ0v) is 7.55. The summed E-state index contributed by atoms with van der Waals surface area (Å²) in [6, 6.07) is 0. The molecule has 0 spiro atoms. The number of esters is 2. The van der Waals surface area contributed by atoms with Crippen LogP contribution in [-0.4, -0.2) is 11.9 Å². The molecule has 3 heteroatoms. The maximum Gasteiger partial charge on any atom is 0.318 e. The summed E-state index contributed by atoms with van der Waals surface area (Å²) in [6.07, 6.45) is 5.48. The van der Waals surface area contributed by atoms with Gasteiger partial charge in [-0.1, -0.05) is 12.2 Å². The first-order valence-corrected chi connectivity index (χ1v) is 5.21. The van der Waals surface area contributed by atoms with E-state index in [2.05, 4.69) is 12.2 Å². The van der Waals surface area contributed by atoms with Crippen molar-refractivity contribution in [1.82, 2.24) is 0 Å². The first-order chi connectivity index (χ1) is 6.77. The molecule has 0 radical (unpaired) electrons. The number of carbonyl (C=O) groups excluding carboxylic acids is 2. The Morgan fingerprint density at radius 3 is 2.00 bits per heavy atom. The normalized spacial score (nSPS) is 56.9. The smallest absolute Gasteiger partial charge is 0.318 e. The van der Waals surface area contributed by atoms with E-state index in [0.717, 1.165) is 0 Å². The van der Waals surface area contributed by atoms with Crippen LogP contribution >= 0.6 is 0 Å². The second-order valence-electron chi connectivity index (χ2n) is 4.89. The highest BCUT2D eigenvalue weighted by Crippen LogP contribution is 2.65. The van der Waals surface area contributed by atoms with Gasteiger partial charge in [0.15, 0.2) is 0 Å². The maximum absolute atomic E-state index is 11.5. The predicted molar refractivity (Wildman–Crippen MR) is 45.8 cm³/mol. The lowest BCUT2D eigenvalue weighted by Gasteiger charge is -2.36. The number of rotatable bonds is 0. The molecule has 3 fully saturated rings. The minimum absolute atomic E-state index is 0.138. The van der Waals surface area contributed by atoms with Crippen molar-refractivity contribution in [3.05, 3.63) is 12.2 Å². The van der Waals surface area contributed by atoms with Crippen molar-refractivity contribution < 1.29 is 14.3 Å². The van der Waals surface area contributed by atoms with E-state index in [1.54, 1.807) is 0 Å². The average Bonchev–Trinajstić information content (AvgIpc) is 2.92. The Morgan fingerprint density at radius 1 is 1.00 bits per heavy atom. The Bertz CT molecular complexity index is 350. The molecule has 6 atom stereocenters. The van der Waals surface area contributed by atoms with Crippen LogP contribution in [0.3, 0.4) is 0 Å². The van der Waals surface area contributed by atoms with Crippen molar-refractivity contribution in [3.8, 4) is 0 Å². The van der Waals surface area contributed by atoms with E-state index < -0.39 is 0 Å². The molecule has 5 aliphatic rings. The first-order valence-electron chi connectivity index (χ1n) is 5.21. The second kappa shape index (κ2) is 1.95. The number of allylic oxidation sites excluding steroid dienone is 2. The van der Waals surface area contributed by atoms with Crippen LogP contribution in [0, 0.1) is 35.5 Å². The summed E-state index contributed by atoms with van der Waals surface area (Å²) in [6.45, 7) is 0. The minimum Gasteiger partial charge on any atom is -0.393 e. The Balaban J connectivity index is 1.88. The van der Waals surface area contributed by atoms with Crippen molar-refractivity contribution in [2.75, 3.05) is 0 Å². The van der Waals surface area contributed by atoms with Crippen LogP contribution in [0.5, 0.6) is 0 Å². The minimum atomic E-state index is -0.273. The third-order valence-corrected chi connectivity index (χ3v) is 4.40. The van der Waals surface area contributed by atoms with Crippen molar-refractivity contribution in [2.45, 2.75) is 6.42 Å². The van der Waals surface area contributed by atoms with E-state index in [-0.39, 0.29) is 23.8 Å². The monoisotopic (exact) mass is 190 g/mol. The molecule has 72 valence electrons. The Kier molecular flexibility index (Phi) is 1.00. The van der Waals surface area contributed by atoms with Crippen molar-refractivity contribution in [3.63, 3.8) is 0 Å². The molecule has 0 aromatic rings. The number of hydrogen-bond donors (Lipinski definition) is 0. The third-order valence-electron chi connectivity index (χ3n) is 4.40.